The number of rotatable bonds is 4. The fourth-order valence-electron chi connectivity index (χ4n) is 2.26. The van der Waals surface area contributed by atoms with Gasteiger partial charge in [-0.15, -0.1) is 0 Å². The molecule has 0 aliphatic carbocycles. The first-order chi connectivity index (χ1) is 8.99. The summed E-state index contributed by atoms with van der Waals surface area (Å²) in [6.07, 6.45) is 0.371. The van der Waals surface area contributed by atoms with E-state index in [4.69, 9.17) is 0 Å². The summed E-state index contributed by atoms with van der Waals surface area (Å²) in [6, 6.07) is 6.00. The number of Topliss-reactive ketones (excluding diaryl/α,β-unsaturated/α-hetero) is 1. The number of urea groups is 1. The van der Waals surface area contributed by atoms with Crippen molar-refractivity contribution >= 4 is 11.8 Å². The second-order valence-corrected chi connectivity index (χ2v) is 4.86. The molecule has 4 nitrogen and oxygen atoms in total. The number of carbonyl (C=O) groups excluding carboxylic acids is 2. The number of hydrogen-bond acceptors (Lipinski definition) is 2. The highest BCUT2D eigenvalue weighted by Crippen LogP contribution is 2.28. The number of amides is 2. The zero-order chi connectivity index (χ0) is 14.0. The van der Waals surface area contributed by atoms with Crippen molar-refractivity contribution in [1.82, 2.24) is 9.80 Å². The maximum atomic E-state index is 12.9. The number of likely N-dealkylation sites (N-methyl/N-ethyl adjacent to an activating group) is 1. The van der Waals surface area contributed by atoms with E-state index in [9.17, 15) is 14.0 Å². The van der Waals surface area contributed by atoms with E-state index >= 15 is 0 Å². The van der Waals surface area contributed by atoms with Crippen LogP contribution in [0.3, 0.4) is 0 Å². The van der Waals surface area contributed by atoms with Crippen LogP contribution in [0.4, 0.5) is 9.18 Å². The van der Waals surface area contributed by atoms with Crippen molar-refractivity contribution in [2.45, 2.75) is 19.4 Å². The monoisotopic (exact) mass is 264 g/mol. The summed E-state index contributed by atoms with van der Waals surface area (Å²) < 4.78 is 12.9. The van der Waals surface area contributed by atoms with Gasteiger partial charge in [-0.25, -0.2) is 9.18 Å². The molecular formula is C14H17FN2O2. The van der Waals surface area contributed by atoms with Gasteiger partial charge in [0.2, 0.25) is 0 Å². The van der Waals surface area contributed by atoms with Gasteiger partial charge in [0.15, 0.2) is 0 Å². The van der Waals surface area contributed by atoms with Crippen LogP contribution in [-0.4, -0.2) is 41.8 Å². The maximum Gasteiger partial charge on any atom is 0.320 e. The Morgan fingerprint density at radius 3 is 2.58 bits per heavy atom. The van der Waals surface area contributed by atoms with E-state index in [1.807, 2.05) is 0 Å². The van der Waals surface area contributed by atoms with Crippen LogP contribution in [0.5, 0.6) is 0 Å². The third kappa shape index (κ3) is 2.92. The molecule has 1 heterocycles. The van der Waals surface area contributed by atoms with E-state index < -0.39 is 0 Å². The van der Waals surface area contributed by atoms with Crippen molar-refractivity contribution in [2.24, 2.45) is 0 Å². The average molecular weight is 264 g/mol. The zero-order valence-corrected chi connectivity index (χ0v) is 11.1. The molecule has 0 bridgehead atoms. The lowest BCUT2D eigenvalue weighted by Crippen LogP contribution is -2.31. The normalized spacial score (nSPS) is 19.1. The SMILES string of the molecule is CC(=O)CCN1CC(c2ccc(F)cc2)N(C)C1=O. The Labute approximate surface area is 111 Å². The summed E-state index contributed by atoms with van der Waals surface area (Å²) in [6.45, 7) is 2.49. The molecule has 5 heteroatoms. The first kappa shape index (κ1) is 13.5. The number of benzene rings is 1. The molecule has 1 aliphatic heterocycles. The van der Waals surface area contributed by atoms with Gasteiger partial charge in [0.1, 0.15) is 11.6 Å². The van der Waals surface area contributed by atoms with Crippen molar-refractivity contribution in [1.29, 1.82) is 0 Å². The highest BCUT2D eigenvalue weighted by molar-refractivity contribution is 5.79. The molecule has 1 fully saturated rings. The fourth-order valence-corrected chi connectivity index (χ4v) is 2.26. The van der Waals surface area contributed by atoms with Gasteiger partial charge in [0.25, 0.3) is 0 Å². The first-order valence-corrected chi connectivity index (χ1v) is 6.25. The lowest BCUT2D eigenvalue weighted by Gasteiger charge is -2.17. The average Bonchev–Trinajstić information content (AvgIpc) is 2.65. The summed E-state index contributed by atoms with van der Waals surface area (Å²) in [5, 5.41) is 0. The van der Waals surface area contributed by atoms with Crippen molar-refractivity contribution < 1.29 is 14.0 Å². The summed E-state index contributed by atoms with van der Waals surface area (Å²) in [7, 11) is 1.73. The number of nitrogens with zero attached hydrogens (tertiary/aromatic N) is 2. The van der Waals surface area contributed by atoms with E-state index in [1.165, 1.54) is 19.1 Å². The Morgan fingerprint density at radius 2 is 2.00 bits per heavy atom. The number of hydrogen-bond donors (Lipinski definition) is 0. The van der Waals surface area contributed by atoms with Crippen LogP contribution in [0.25, 0.3) is 0 Å². The Morgan fingerprint density at radius 1 is 1.37 bits per heavy atom. The lowest BCUT2D eigenvalue weighted by atomic mass is 10.1. The van der Waals surface area contributed by atoms with Crippen LogP contribution < -0.4 is 0 Å². The summed E-state index contributed by atoms with van der Waals surface area (Å²) >= 11 is 0. The van der Waals surface area contributed by atoms with Crippen LogP contribution in [-0.2, 0) is 4.79 Å². The molecule has 0 saturated carbocycles. The molecule has 2 amide bonds. The second kappa shape index (κ2) is 5.38. The Bertz CT molecular complexity index is 487. The fraction of sp³-hybridized carbons (Fsp3) is 0.429. The largest absolute Gasteiger partial charge is 0.322 e. The van der Waals surface area contributed by atoms with Crippen LogP contribution >= 0.6 is 0 Å². The van der Waals surface area contributed by atoms with Gasteiger partial charge in [-0.2, -0.15) is 0 Å². The van der Waals surface area contributed by atoms with E-state index in [0.717, 1.165) is 5.56 Å². The number of ketones is 1. The van der Waals surface area contributed by atoms with Crippen molar-refractivity contribution in [2.75, 3.05) is 20.1 Å². The Hall–Kier alpha value is -1.91. The van der Waals surface area contributed by atoms with Gasteiger partial charge >= 0.3 is 6.03 Å². The first-order valence-electron chi connectivity index (χ1n) is 6.25. The number of halogens is 1. The molecule has 1 atom stereocenters. The van der Waals surface area contributed by atoms with Gasteiger partial charge in [-0.05, 0) is 24.6 Å². The van der Waals surface area contributed by atoms with Crippen LogP contribution in [0.2, 0.25) is 0 Å². The summed E-state index contributed by atoms with van der Waals surface area (Å²) in [4.78, 5) is 26.3. The van der Waals surface area contributed by atoms with Crippen LogP contribution in [0.1, 0.15) is 24.9 Å². The highest BCUT2D eigenvalue weighted by atomic mass is 19.1. The van der Waals surface area contributed by atoms with Crippen molar-refractivity contribution in [3.63, 3.8) is 0 Å². The molecule has 1 aliphatic rings. The van der Waals surface area contributed by atoms with E-state index in [1.54, 1.807) is 29.0 Å². The van der Waals surface area contributed by atoms with Crippen LogP contribution in [0.15, 0.2) is 24.3 Å². The van der Waals surface area contributed by atoms with Crippen LogP contribution in [0, 0.1) is 5.82 Å². The molecule has 0 radical (unpaired) electrons. The molecule has 1 aromatic carbocycles. The molecule has 0 N–H and O–H groups in total. The molecule has 1 aromatic rings. The molecule has 2 rings (SSSR count). The quantitative estimate of drug-likeness (QED) is 0.836. The van der Waals surface area contributed by atoms with Gasteiger partial charge in [0.05, 0.1) is 6.04 Å². The molecule has 0 aromatic heterocycles. The maximum absolute atomic E-state index is 12.9. The van der Waals surface area contributed by atoms with E-state index in [0.29, 0.717) is 19.5 Å². The van der Waals surface area contributed by atoms with Crippen molar-refractivity contribution in [3.05, 3.63) is 35.6 Å². The summed E-state index contributed by atoms with van der Waals surface area (Å²) in [5.41, 5.74) is 0.905. The Balaban J connectivity index is 2.09. The molecular weight excluding hydrogens is 247 g/mol. The van der Waals surface area contributed by atoms with E-state index in [2.05, 4.69) is 0 Å². The molecule has 0 spiro atoms. The van der Waals surface area contributed by atoms with Gasteiger partial charge in [0, 0.05) is 26.6 Å². The zero-order valence-electron chi connectivity index (χ0n) is 11.1. The third-order valence-electron chi connectivity index (χ3n) is 3.42. The second-order valence-electron chi connectivity index (χ2n) is 4.86. The predicted molar refractivity (Wildman–Crippen MR) is 69.2 cm³/mol. The minimum atomic E-state index is -0.288. The smallest absolute Gasteiger partial charge is 0.320 e. The summed E-state index contributed by atoms with van der Waals surface area (Å²) in [5.74, 6) is -0.218. The molecule has 102 valence electrons. The minimum absolute atomic E-state index is 0.0701. The third-order valence-corrected chi connectivity index (χ3v) is 3.42. The van der Waals surface area contributed by atoms with Gasteiger partial charge < -0.3 is 9.80 Å². The van der Waals surface area contributed by atoms with Crippen molar-refractivity contribution in [3.8, 4) is 0 Å². The highest BCUT2D eigenvalue weighted by Gasteiger charge is 2.35. The van der Waals surface area contributed by atoms with Gasteiger partial charge in [-0.1, -0.05) is 12.1 Å². The minimum Gasteiger partial charge on any atom is -0.322 e. The molecule has 1 unspecified atom stereocenters. The number of carbonyl (C=O) groups is 2. The standard InChI is InChI=1S/C14H17FN2O2/c1-10(18)7-8-17-9-13(16(2)14(17)19)11-3-5-12(15)6-4-11/h3-6,13H,7-9H2,1-2H3. The predicted octanol–water partition coefficient (Wildman–Crippen LogP) is 2.21. The van der Waals surface area contributed by atoms with Gasteiger partial charge in [-0.3, -0.25) is 4.79 Å². The molecule has 19 heavy (non-hydrogen) atoms. The Kier molecular flexibility index (Phi) is 3.83. The molecule has 1 saturated heterocycles. The lowest BCUT2D eigenvalue weighted by molar-refractivity contribution is -0.117. The van der Waals surface area contributed by atoms with E-state index in [-0.39, 0.29) is 23.7 Å². The topological polar surface area (TPSA) is 40.6 Å².